The first-order valence-corrected chi connectivity index (χ1v) is 4.57. The molecule has 8 heteroatoms. The van der Waals surface area contributed by atoms with E-state index in [1.54, 1.807) is 0 Å². The monoisotopic (exact) mass is 231 g/mol. The highest BCUT2D eigenvalue weighted by molar-refractivity contribution is 5.75. The number of carbonyl (C=O) groups excluding carboxylic acids is 3. The van der Waals surface area contributed by atoms with Gasteiger partial charge in [-0.25, -0.2) is 15.6 Å². The Balaban J connectivity index is 2.17. The molecule has 0 saturated carbocycles. The molecule has 1 aliphatic heterocycles. The summed E-state index contributed by atoms with van der Waals surface area (Å²) in [7, 11) is 0. The zero-order chi connectivity index (χ0) is 12.1. The molecule has 1 amide bonds. The Bertz CT molecular complexity index is 305. The molecule has 90 valence electrons. The van der Waals surface area contributed by atoms with Gasteiger partial charge in [-0.05, 0) is 6.42 Å². The summed E-state index contributed by atoms with van der Waals surface area (Å²) in [4.78, 5) is 31.8. The number of carboxylic acids is 1. The van der Waals surface area contributed by atoms with E-state index in [0.29, 0.717) is 0 Å². The van der Waals surface area contributed by atoms with E-state index >= 15 is 0 Å². The van der Waals surface area contributed by atoms with Gasteiger partial charge in [0.05, 0.1) is 13.0 Å². The van der Waals surface area contributed by atoms with E-state index in [1.807, 2.05) is 0 Å². The second-order valence-corrected chi connectivity index (χ2v) is 3.21. The molecule has 1 atom stereocenters. The van der Waals surface area contributed by atoms with Gasteiger partial charge >= 0.3 is 12.1 Å². The molecule has 0 spiro atoms. The number of hydrogen-bond acceptors (Lipinski definition) is 7. The van der Waals surface area contributed by atoms with Crippen molar-refractivity contribution in [3.05, 3.63) is 0 Å². The fraction of sp³-hybridized carbons (Fsp3) is 0.625. The van der Waals surface area contributed by atoms with Crippen molar-refractivity contribution < 1.29 is 29.0 Å². The highest BCUT2D eigenvalue weighted by Gasteiger charge is 2.29. The van der Waals surface area contributed by atoms with Crippen molar-refractivity contribution in [1.82, 2.24) is 5.01 Å². The normalized spacial score (nSPS) is 19.4. The zero-order valence-corrected chi connectivity index (χ0v) is 8.38. The van der Waals surface area contributed by atoms with Crippen LogP contribution in [0.15, 0.2) is 0 Å². The number of carbonyl (C=O) groups is 3. The summed E-state index contributed by atoms with van der Waals surface area (Å²) in [6.07, 6.45) is -1.96. The number of carboxylic acid groups (broad SMARTS) is 1. The molecule has 8 nitrogen and oxygen atoms in total. The van der Waals surface area contributed by atoms with E-state index in [4.69, 9.17) is 10.6 Å². The molecular formula is C8H11N2O6-. The summed E-state index contributed by atoms with van der Waals surface area (Å²) < 4.78 is 9.39. The van der Waals surface area contributed by atoms with Crippen LogP contribution < -0.4 is 10.9 Å². The smallest absolute Gasteiger partial charge is 0.424 e. The van der Waals surface area contributed by atoms with Gasteiger partial charge in [-0.3, -0.25) is 4.79 Å². The Hall–Kier alpha value is -1.83. The predicted octanol–water partition coefficient (Wildman–Crippen LogP) is -2.25. The third kappa shape index (κ3) is 3.73. The summed E-state index contributed by atoms with van der Waals surface area (Å²) in [5.74, 6) is 3.20. The molecule has 1 fully saturated rings. The molecule has 0 aromatic rings. The first-order chi connectivity index (χ1) is 7.49. The number of rotatable bonds is 5. The molecule has 1 aliphatic rings. The van der Waals surface area contributed by atoms with Crippen molar-refractivity contribution in [2.45, 2.75) is 18.9 Å². The van der Waals surface area contributed by atoms with Crippen molar-refractivity contribution in [2.75, 3.05) is 13.2 Å². The van der Waals surface area contributed by atoms with Crippen LogP contribution in [-0.4, -0.2) is 42.3 Å². The van der Waals surface area contributed by atoms with E-state index in [1.165, 1.54) is 0 Å². The number of nitrogens with two attached hydrogens (primary N) is 1. The Kier molecular flexibility index (Phi) is 4.06. The standard InChI is InChI=1S/C8H12N2O6/c9-10-3-5(16-8(10)14)4-15-7(13)2-1-6(11)12/h5H,1-4,9H2,(H,11,12)/p-1/t5-/m0/s1. The summed E-state index contributed by atoms with van der Waals surface area (Å²) in [6, 6.07) is 0. The lowest BCUT2D eigenvalue weighted by Crippen LogP contribution is -2.32. The van der Waals surface area contributed by atoms with Crippen LogP contribution in [0.2, 0.25) is 0 Å². The van der Waals surface area contributed by atoms with Crippen LogP contribution in [0.25, 0.3) is 0 Å². The lowest BCUT2D eigenvalue weighted by molar-refractivity contribution is -0.305. The molecule has 1 heterocycles. The summed E-state index contributed by atoms with van der Waals surface area (Å²) >= 11 is 0. The van der Waals surface area contributed by atoms with E-state index in [9.17, 15) is 19.5 Å². The maximum Gasteiger partial charge on any atom is 0.424 e. The van der Waals surface area contributed by atoms with Gasteiger partial charge in [-0.15, -0.1) is 0 Å². The van der Waals surface area contributed by atoms with Crippen LogP contribution in [-0.2, 0) is 19.1 Å². The summed E-state index contributed by atoms with van der Waals surface area (Å²) in [5, 5.41) is 10.9. The molecular weight excluding hydrogens is 220 g/mol. The van der Waals surface area contributed by atoms with Crippen LogP contribution in [0.3, 0.4) is 0 Å². The van der Waals surface area contributed by atoms with E-state index in [0.717, 1.165) is 5.01 Å². The van der Waals surface area contributed by atoms with Crippen LogP contribution in [0.4, 0.5) is 4.79 Å². The van der Waals surface area contributed by atoms with Crippen LogP contribution in [0.1, 0.15) is 12.8 Å². The van der Waals surface area contributed by atoms with E-state index in [2.05, 4.69) is 4.74 Å². The number of amides is 1. The largest absolute Gasteiger partial charge is 0.550 e. The van der Waals surface area contributed by atoms with Gasteiger partial charge in [0, 0.05) is 5.97 Å². The predicted molar refractivity (Wildman–Crippen MR) is 46.4 cm³/mol. The SMILES string of the molecule is NN1C[C@@H](COC(=O)CCC(=O)[O-])OC1=O. The highest BCUT2D eigenvalue weighted by atomic mass is 16.6. The third-order valence-corrected chi connectivity index (χ3v) is 1.87. The molecule has 0 aliphatic carbocycles. The fourth-order valence-electron chi connectivity index (χ4n) is 1.09. The molecule has 0 aromatic carbocycles. The minimum Gasteiger partial charge on any atom is -0.550 e. The third-order valence-electron chi connectivity index (χ3n) is 1.87. The number of hydrogen-bond donors (Lipinski definition) is 1. The van der Waals surface area contributed by atoms with Gasteiger partial charge in [-0.2, -0.15) is 0 Å². The topological polar surface area (TPSA) is 122 Å². The molecule has 0 aromatic heterocycles. The van der Waals surface area contributed by atoms with Crippen molar-refractivity contribution in [1.29, 1.82) is 0 Å². The zero-order valence-electron chi connectivity index (χ0n) is 8.38. The summed E-state index contributed by atoms with van der Waals surface area (Å²) in [5.41, 5.74) is 0. The Labute approximate surface area is 90.9 Å². The maximum absolute atomic E-state index is 11.0. The first kappa shape index (κ1) is 12.2. The Morgan fingerprint density at radius 2 is 2.25 bits per heavy atom. The second kappa shape index (κ2) is 5.31. The van der Waals surface area contributed by atoms with Crippen LogP contribution in [0, 0.1) is 0 Å². The molecule has 1 saturated heterocycles. The number of ether oxygens (including phenoxy) is 2. The average molecular weight is 231 g/mol. The molecule has 0 unspecified atom stereocenters. The number of hydrazine groups is 1. The molecule has 2 N–H and O–H groups in total. The minimum absolute atomic E-state index is 0.132. The lowest BCUT2D eigenvalue weighted by Gasteiger charge is -2.09. The first-order valence-electron chi connectivity index (χ1n) is 4.57. The van der Waals surface area contributed by atoms with Gasteiger partial charge in [0.1, 0.15) is 6.61 Å². The number of cyclic esters (lactones) is 1. The van der Waals surface area contributed by atoms with E-state index in [-0.39, 0.29) is 19.6 Å². The number of nitrogens with zero attached hydrogens (tertiary/aromatic N) is 1. The average Bonchev–Trinajstić information content (AvgIpc) is 2.52. The maximum atomic E-state index is 11.0. The molecule has 16 heavy (non-hydrogen) atoms. The molecule has 0 radical (unpaired) electrons. The van der Waals surface area contributed by atoms with Crippen molar-refractivity contribution in [3.8, 4) is 0 Å². The van der Waals surface area contributed by atoms with Gasteiger partial charge in [0.15, 0.2) is 6.10 Å². The van der Waals surface area contributed by atoms with Gasteiger partial charge in [-0.1, -0.05) is 0 Å². The quantitative estimate of drug-likeness (QED) is 0.322. The Morgan fingerprint density at radius 3 is 2.75 bits per heavy atom. The lowest BCUT2D eigenvalue weighted by atomic mass is 10.3. The molecule has 1 rings (SSSR count). The number of aliphatic carboxylic acids is 1. The molecule has 0 bridgehead atoms. The van der Waals surface area contributed by atoms with Gasteiger partial charge in [0.25, 0.3) is 0 Å². The van der Waals surface area contributed by atoms with Gasteiger partial charge in [0.2, 0.25) is 0 Å². The minimum atomic E-state index is -1.32. The number of esters is 1. The van der Waals surface area contributed by atoms with Gasteiger partial charge < -0.3 is 19.4 Å². The second-order valence-electron chi connectivity index (χ2n) is 3.21. The van der Waals surface area contributed by atoms with Crippen molar-refractivity contribution in [2.24, 2.45) is 5.84 Å². The highest BCUT2D eigenvalue weighted by Crippen LogP contribution is 2.07. The van der Waals surface area contributed by atoms with Crippen LogP contribution >= 0.6 is 0 Å². The van der Waals surface area contributed by atoms with E-state index < -0.39 is 30.6 Å². The van der Waals surface area contributed by atoms with Crippen molar-refractivity contribution in [3.63, 3.8) is 0 Å². The Morgan fingerprint density at radius 1 is 1.56 bits per heavy atom. The summed E-state index contributed by atoms with van der Waals surface area (Å²) in [6.45, 7) is -0.00206. The van der Waals surface area contributed by atoms with Crippen LogP contribution in [0.5, 0.6) is 0 Å². The fourth-order valence-corrected chi connectivity index (χ4v) is 1.09. The van der Waals surface area contributed by atoms with Crippen molar-refractivity contribution >= 4 is 18.0 Å².